The molecule has 2 aromatic rings. The number of aromatic nitrogens is 1. The van der Waals surface area contributed by atoms with Crippen LogP contribution in [-0.4, -0.2) is 35.4 Å². The van der Waals surface area contributed by atoms with Crippen molar-refractivity contribution in [1.29, 1.82) is 0 Å². The zero-order valence-corrected chi connectivity index (χ0v) is 14.5. The van der Waals surface area contributed by atoms with Gasteiger partial charge < -0.3 is 14.6 Å². The minimum atomic E-state index is -0.745. The van der Waals surface area contributed by atoms with Crippen molar-refractivity contribution in [2.75, 3.05) is 13.2 Å². The molecule has 5 nitrogen and oxygen atoms in total. The number of rotatable bonds is 4. The van der Waals surface area contributed by atoms with Gasteiger partial charge in [-0.15, -0.1) is 0 Å². The molecule has 3 rings (SSSR count). The van der Waals surface area contributed by atoms with Gasteiger partial charge in [-0.1, -0.05) is 6.92 Å². The fourth-order valence-corrected chi connectivity index (χ4v) is 3.03. The molecule has 0 saturated heterocycles. The second kappa shape index (κ2) is 7.37. The molecule has 2 unspecified atom stereocenters. The van der Waals surface area contributed by atoms with Crippen molar-refractivity contribution in [3.05, 3.63) is 47.2 Å². The van der Waals surface area contributed by atoms with Gasteiger partial charge in [0.2, 0.25) is 5.88 Å². The fourth-order valence-electron chi connectivity index (χ4n) is 3.03. The second-order valence-corrected chi connectivity index (χ2v) is 6.20. The van der Waals surface area contributed by atoms with E-state index in [1.165, 1.54) is 12.1 Å². The van der Waals surface area contributed by atoms with Gasteiger partial charge in [-0.3, -0.25) is 0 Å². The zero-order valence-electron chi connectivity index (χ0n) is 14.5. The second-order valence-electron chi connectivity index (χ2n) is 6.20. The van der Waals surface area contributed by atoms with E-state index in [0.29, 0.717) is 17.5 Å². The van der Waals surface area contributed by atoms with Crippen LogP contribution in [0.4, 0.5) is 8.78 Å². The summed E-state index contributed by atoms with van der Waals surface area (Å²) in [7, 11) is 0. The summed E-state index contributed by atoms with van der Waals surface area (Å²) in [6.45, 7) is 3.52. The maximum absolute atomic E-state index is 14.4. The summed E-state index contributed by atoms with van der Waals surface area (Å²) >= 11 is 0. The number of halogens is 2. The first-order valence-electron chi connectivity index (χ1n) is 8.38. The number of hydrogen-bond acceptors (Lipinski definition) is 5. The smallest absolute Gasteiger partial charge is 0.357 e. The Morgan fingerprint density at radius 3 is 2.77 bits per heavy atom. The lowest BCUT2D eigenvalue weighted by Gasteiger charge is -2.31. The van der Waals surface area contributed by atoms with Gasteiger partial charge in [0.15, 0.2) is 5.69 Å². The van der Waals surface area contributed by atoms with Crippen LogP contribution in [0.3, 0.4) is 0 Å². The van der Waals surface area contributed by atoms with E-state index in [1.54, 1.807) is 6.92 Å². The molecule has 2 heterocycles. The van der Waals surface area contributed by atoms with Crippen LogP contribution in [-0.2, 0) is 11.2 Å². The van der Waals surface area contributed by atoms with Crippen molar-refractivity contribution in [1.82, 2.24) is 4.98 Å². The number of esters is 1. The van der Waals surface area contributed by atoms with Gasteiger partial charge >= 0.3 is 5.97 Å². The summed E-state index contributed by atoms with van der Waals surface area (Å²) in [5.74, 6) is -1.98. The van der Waals surface area contributed by atoms with E-state index in [2.05, 4.69) is 4.98 Å². The lowest BCUT2D eigenvalue weighted by molar-refractivity contribution is 0.0491. The van der Waals surface area contributed by atoms with E-state index in [1.807, 2.05) is 6.92 Å². The lowest BCUT2D eigenvalue weighted by Crippen LogP contribution is -2.35. The van der Waals surface area contributed by atoms with Crippen molar-refractivity contribution in [2.24, 2.45) is 5.92 Å². The first-order valence-corrected chi connectivity index (χ1v) is 8.38. The topological polar surface area (TPSA) is 68.7 Å². The number of ether oxygens (including phenoxy) is 2. The first-order chi connectivity index (χ1) is 12.4. The highest BCUT2D eigenvalue weighted by atomic mass is 19.1. The molecule has 1 aromatic heterocycles. The monoisotopic (exact) mass is 363 g/mol. The molecule has 1 aromatic carbocycles. The molecule has 26 heavy (non-hydrogen) atoms. The SMILES string of the molecule is CCOC(=O)c1cc(-c2ccc(F)cc2F)c2c(n1)OC(CO)C(C)C2. The molecular weight excluding hydrogens is 344 g/mol. The van der Waals surface area contributed by atoms with Gasteiger partial charge in [-0.05, 0) is 43.0 Å². The molecule has 1 aliphatic rings. The van der Waals surface area contributed by atoms with Crippen LogP contribution in [0.2, 0.25) is 0 Å². The van der Waals surface area contributed by atoms with Crippen molar-refractivity contribution in [3.63, 3.8) is 0 Å². The van der Waals surface area contributed by atoms with Crippen LogP contribution < -0.4 is 4.74 Å². The van der Waals surface area contributed by atoms with Crippen LogP contribution in [0, 0.1) is 17.6 Å². The molecule has 0 radical (unpaired) electrons. The van der Waals surface area contributed by atoms with Crippen LogP contribution in [0.25, 0.3) is 11.1 Å². The summed E-state index contributed by atoms with van der Waals surface area (Å²) in [5.41, 5.74) is 1.13. The average molecular weight is 363 g/mol. The zero-order chi connectivity index (χ0) is 18.8. The predicted molar refractivity (Wildman–Crippen MR) is 89.9 cm³/mol. The summed E-state index contributed by atoms with van der Waals surface area (Å²) < 4.78 is 38.4. The maximum Gasteiger partial charge on any atom is 0.357 e. The van der Waals surface area contributed by atoms with Gasteiger partial charge in [0.1, 0.15) is 17.7 Å². The Morgan fingerprint density at radius 2 is 2.12 bits per heavy atom. The number of nitrogens with zero attached hydrogens (tertiary/aromatic N) is 1. The number of aliphatic hydroxyl groups excluding tert-OH is 1. The average Bonchev–Trinajstić information content (AvgIpc) is 2.61. The quantitative estimate of drug-likeness (QED) is 0.846. The van der Waals surface area contributed by atoms with Crippen LogP contribution in [0.1, 0.15) is 29.9 Å². The predicted octanol–water partition coefficient (Wildman–Crippen LogP) is 3.14. The highest BCUT2D eigenvalue weighted by Crippen LogP contribution is 2.38. The number of fused-ring (bicyclic) bond motifs is 1. The van der Waals surface area contributed by atoms with Crippen LogP contribution >= 0.6 is 0 Å². The molecule has 0 spiro atoms. The molecule has 7 heteroatoms. The van der Waals surface area contributed by atoms with E-state index < -0.39 is 23.7 Å². The first kappa shape index (κ1) is 18.3. The molecule has 0 saturated carbocycles. The van der Waals surface area contributed by atoms with E-state index >= 15 is 0 Å². The standard InChI is InChI=1S/C19H19F2NO4/c1-3-25-19(24)16-8-13(12-5-4-11(20)7-15(12)21)14-6-10(2)17(9-23)26-18(14)22-16/h4-5,7-8,10,17,23H,3,6,9H2,1-2H3. The summed E-state index contributed by atoms with van der Waals surface area (Å²) in [6, 6.07) is 4.69. The molecule has 138 valence electrons. The van der Waals surface area contributed by atoms with Crippen LogP contribution in [0.15, 0.2) is 24.3 Å². The van der Waals surface area contributed by atoms with E-state index in [4.69, 9.17) is 9.47 Å². The van der Waals surface area contributed by atoms with Crippen LogP contribution in [0.5, 0.6) is 5.88 Å². The van der Waals surface area contributed by atoms with Crippen molar-refractivity contribution < 1.29 is 28.2 Å². The molecule has 0 fully saturated rings. The minimum absolute atomic E-state index is 0.0319. The normalized spacial score (nSPS) is 18.8. The molecule has 0 aliphatic carbocycles. The Balaban J connectivity index is 2.18. The third-order valence-electron chi connectivity index (χ3n) is 4.40. The van der Waals surface area contributed by atoms with Gasteiger partial charge in [-0.25, -0.2) is 18.6 Å². The Morgan fingerprint density at radius 1 is 1.35 bits per heavy atom. The molecule has 1 aliphatic heterocycles. The summed E-state index contributed by atoms with van der Waals surface area (Å²) in [5, 5.41) is 9.46. The minimum Gasteiger partial charge on any atom is -0.471 e. The van der Waals surface area contributed by atoms with Crippen molar-refractivity contribution in [3.8, 4) is 17.0 Å². The summed E-state index contributed by atoms with van der Waals surface area (Å²) in [4.78, 5) is 16.3. The van der Waals surface area contributed by atoms with E-state index in [0.717, 1.165) is 12.1 Å². The molecule has 2 atom stereocenters. The maximum atomic E-state index is 14.4. The number of carbonyl (C=O) groups excluding carboxylic acids is 1. The lowest BCUT2D eigenvalue weighted by atomic mass is 9.88. The fraction of sp³-hybridized carbons (Fsp3) is 0.368. The van der Waals surface area contributed by atoms with Crippen molar-refractivity contribution in [2.45, 2.75) is 26.4 Å². The Kier molecular flexibility index (Phi) is 5.18. The number of pyridine rings is 1. The Labute approximate surface area is 149 Å². The highest BCUT2D eigenvalue weighted by molar-refractivity contribution is 5.90. The van der Waals surface area contributed by atoms with E-state index in [9.17, 15) is 18.7 Å². The number of benzene rings is 1. The molecule has 0 bridgehead atoms. The van der Waals surface area contributed by atoms with Gasteiger partial charge in [0.25, 0.3) is 0 Å². The van der Waals surface area contributed by atoms with Gasteiger partial charge in [0, 0.05) is 17.2 Å². The number of carbonyl (C=O) groups is 1. The Bertz CT molecular complexity index is 841. The molecule has 0 amide bonds. The Hall–Kier alpha value is -2.54. The number of aliphatic hydroxyl groups is 1. The highest BCUT2D eigenvalue weighted by Gasteiger charge is 2.31. The third kappa shape index (κ3) is 3.39. The van der Waals surface area contributed by atoms with Gasteiger partial charge in [0.05, 0.1) is 13.2 Å². The van der Waals surface area contributed by atoms with Crippen molar-refractivity contribution >= 4 is 5.97 Å². The van der Waals surface area contributed by atoms with Gasteiger partial charge in [-0.2, -0.15) is 0 Å². The molecule has 1 N–H and O–H groups in total. The largest absolute Gasteiger partial charge is 0.471 e. The number of hydrogen-bond donors (Lipinski definition) is 1. The third-order valence-corrected chi connectivity index (χ3v) is 4.40. The van der Waals surface area contributed by atoms with E-state index in [-0.39, 0.29) is 36.3 Å². The molecular formula is C19H19F2NO4. The summed E-state index contributed by atoms with van der Waals surface area (Å²) in [6.07, 6.45) is 0.00127.